The van der Waals surface area contributed by atoms with Crippen molar-refractivity contribution in [2.75, 3.05) is 20.0 Å². The lowest BCUT2D eigenvalue weighted by atomic mass is 10.1. The second-order valence-corrected chi connectivity index (χ2v) is 4.55. The molecule has 0 saturated heterocycles. The number of pyridine rings is 2. The Kier molecular flexibility index (Phi) is 3.31. The van der Waals surface area contributed by atoms with Crippen molar-refractivity contribution in [3.63, 3.8) is 0 Å². The first-order chi connectivity index (χ1) is 10.2. The van der Waals surface area contributed by atoms with Crippen LogP contribution in [0.15, 0.2) is 42.9 Å². The highest BCUT2D eigenvalue weighted by molar-refractivity contribution is 6.00. The van der Waals surface area contributed by atoms with Gasteiger partial charge in [0.1, 0.15) is 0 Å². The third-order valence-electron chi connectivity index (χ3n) is 3.39. The van der Waals surface area contributed by atoms with Crippen molar-refractivity contribution in [2.24, 2.45) is 0 Å². The third-order valence-corrected chi connectivity index (χ3v) is 3.39. The number of hydrogen-bond acceptors (Lipinski definition) is 5. The van der Waals surface area contributed by atoms with E-state index in [1.54, 1.807) is 32.8 Å². The number of rotatable bonds is 3. The summed E-state index contributed by atoms with van der Waals surface area (Å²) in [6.07, 6.45) is 5.22. The molecule has 0 saturated carbocycles. The maximum Gasteiger partial charge on any atom is 0.161 e. The van der Waals surface area contributed by atoms with Crippen LogP contribution in [0.25, 0.3) is 22.0 Å². The first-order valence-corrected chi connectivity index (χ1v) is 6.45. The number of hydrogen-bond donors (Lipinski definition) is 1. The number of nitrogens with zero attached hydrogens (tertiary/aromatic N) is 2. The summed E-state index contributed by atoms with van der Waals surface area (Å²) < 4.78 is 10.6. The Morgan fingerprint density at radius 3 is 2.33 bits per heavy atom. The molecule has 0 radical (unpaired) electrons. The molecule has 0 aliphatic heterocycles. The zero-order chi connectivity index (χ0) is 14.8. The molecule has 106 valence electrons. The van der Waals surface area contributed by atoms with Crippen LogP contribution in [-0.4, -0.2) is 24.2 Å². The monoisotopic (exact) mass is 281 g/mol. The van der Waals surface area contributed by atoms with Gasteiger partial charge in [0.05, 0.1) is 25.6 Å². The standard InChI is InChI=1S/C16H15N3O2/c1-20-13-7-11-9-19-16(10-3-5-18-6-4-10)15(17)12(11)8-14(13)21-2/h3-9H,17H2,1-2H3. The minimum atomic E-state index is 0.611. The lowest BCUT2D eigenvalue weighted by Crippen LogP contribution is -1.97. The van der Waals surface area contributed by atoms with E-state index in [0.29, 0.717) is 17.2 Å². The van der Waals surface area contributed by atoms with Crippen molar-refractivity contribution < 1.29 is 9.47 Å². The second-order valence-electron chi connectivity index (χ2n) is 4.55. The van der Waals surface area contributed by atoms with Crippen molar-refractivity contribution >= 4 is 16.5 Å². The van der Waals surface area contributed by atoms with E-state index >= 15 is 0 Å². The van der Waals surface area contributed by atoms with Crippen LogP contribution >= 0.6 is 0 Å². The van der Waals surface area contributed by atoms with Crippen LogP contribution in [0.2, 0.25) is 0 Å². The molecule has 0 aliphatic carbocycles. The Bertz CT molecular complexity index is 788. The number of anilines is 1. The highest BCUT2D eigenvalue weighted by atomic mass is 16.5. The second kappa shape index (κ2) is 5.28. The quantitative estimate of drug-likeness (QED) is 0.799. The fraction of sp³-hybridized carbons (Fsp3) is 0.125. The van der Waals surface area contributed by atoms with Gasteiger partial charge in [-0.05, 0) is 24.3 Å². The van der Waals surface area contributed by atoms with E-state index in [0.717, 1.165) is 22.0 Å². The molecule has 0 fully saturated rings. The first kappa shape index (κ1) is 13.2. The van der Waals surface area contributed by atoms with Crippen LogP contribution in [0.4, 0.5) is 5.69 Å². The maximum atomic E-state index is 6.29. The minimum absolute atomic E-state index is 0.611. The maximum absolute atomic E-state index is 6.29. The SMILES string of the molecule is COc1cc2cnc(-c3ccncc3)c(N)c2cc1OC. The molecule has 1 aromatic carbocycles. The minimum Gasteiger partial charge on any atom is -0.493 e. The highest BCUT2D eigenvalue weighted by Crippen LogP contribution is 2.37. The van der Waals surface area contributed by atoms with Crippen LogP contribution < -0.4 is 15.2 Å². The largest absolute Gasteiger partial charge is 0.493 e. The van der Waals surface area contributed by atoms with E-state index in [9.17, 15) is 0 Å². The van der Waals surface area contributed by atoms with E-state index in [2.05, 4.69) is 9.97 Å². The van der Waals surface area contributed by atoms with E-state index < -0.39 is 0 Å². The number of aromatic nitrogens is 2. The molecule has 0 bridgehead atoms. The summed E-state index contributed by atoms with van der Waals surface area (Å²) in [6.45, 7) is 0. The van der Waals surface area contributed by atoms with Crippen molar-refractivity contribution in [1.82, 2.24) is 9.97 Å². The summed E-state index contributed by atoms with van der Waals surface area (Å²) in [7, 11) is 3.21. The molecule has 5 heteroatoms. The number of fused-ring (bicyclic) bond motifs is 1. The zero-order valence-corrected chi connectivity index (χ0v) is 11.8. The Morgan fingerprint density at radius 1 is 1.00 bits per heavy atom. The smallest absolute Gasteiger partial charge is 0.161 e. The topological polar surface area (TPSA) is 70.3 Å². The highest BCUT2D eigenvalue weighted by Gasteiger charge is 2.12. The summed E-state index contributed by atoms with van der Waals surface area (Å²) in [5.41, 5.74) is 8.56. The van der Waals surface area contributed by atoms with Crippen LogP contribution in [0.1, 0.15) is 0 Å². The molecule has 0 unspecified atom stereocenters. The first-order valence-electron chi connectivity index (χ1n) is 6.45. The molecule has 2 aromatic heterocycles. The van der Waals surface area contributed by atoms with Gasteiger partial charge in [-0.15, -0.1) is 0 Å². The van der Waals surface area contributed by atoms with Gasteiger partial charge in [-0.1, -0.05) is 0 Å². The molecular formula is C16H15N3O2. The average molecular weight is 281 g/mol. The number of nitrogens with two attached hydrogens (primary N) is 1. The molecule has 2 N–H and O–H groups in total. The number of methoxy groups -OCH3 is 2. The van der Waals surface area contributed by atoms with Gasteiger partial charge < -0.3 is 15.2 Å². The Balaban J connectivity index is 2.25. The molecule has 5 nitrogen and oxygen atoms in total. The number of nitrogen functional groups attached to an aromatic ring is 1. The molecule has 0 amide bonds. The van der Waals surface area contributed by atoms with Crippen molar-refractivity contribution in [1.29, 1.82) is 0 Å². The van der Waals surface area contributed by atoms with Gasteiger partial charge in [0, 0.05) is 34.9 Å². The van der Waals surface area contributed by atoms with Gasteiger partial charge in [-0.25, -0.2) is 0 Å². The van der Waals surface area contributed by atoms with Gasteiger partial charge in [0.15, 0.2) is 11.5 Å². The van der Waals surface area contributed by atoms with Gasteiger partial charge in [0.25, 0.3) is 0 Å². The van der Waals surface area contributed by atoms with Gasteiger partial charge >= 0.3 is 0 Å². The predicted octanol–water partition coefficient (Wildman–Crippen LogP) is 2.90. The fourth-order valence-electron chi connectivity index (χ4n) is 2.31. The van der Waals surface area contributed by atoms with Crippen molar-refractivity contribution in [3.8, 4) is 22.8 Å². The Hall–Kier alpha value is -2.82. The fourth-order valence-corrected chi connectivity index (χ4v) is 2.31. The summed E-state index contributed by atoms with van der Waals surface area (Å²) in [4.78, 5) is 8.47. The number of benzene rings is 1. The molecule has 3 aromatic rings. The molecule has 0 aliphatic rings. The molecular weight excluding hydrogens is 266 g/mol. The summed E-state index contributed by atoms with van der Waals surface area (Å²) in [5, 5.41) is 1.79. The lowest BCUT2D eigenvalue weighted by Gasteiger charge is -2.12. The predicted molar refractivity (Wildman–Crippen MR) is 82.5 cm³/mol. The summed E-state index contributed by atoms with van der Waals surface area (Å²) >= 11 is 0. The van der Waals surface area contributed by atoms with Crippen LogP contribution in [0.5, 0.6) is 11.5 Å². The molecule has 3 rings (SSSR count). The third kappa shape index (κ3) is 2.23. The normalized spacial score (nSPS) is 10.6. The summed E-state index contributed by atoms with van der Waals surface area (Å²) in [5.74, 6) is 1.30. The molecule has 21 heavy (non-hydrogen) atoms. The van der Waals surface area contributed by atoms with Gasteiger partial charge in [-0.2, -0.15) is 0 Å². The van der Waals surface area contributed by atoms with Gasteiger partial charge in [0.2, 0.25) is 0 Å². The van der Waals surface area contributed by atoms with E-state index in [1.807, 2.05) is 24.3 Å². The van der Waals surface area contributed by atoms with Crippen LogP contribution in [0.3, 0.4) is 0 Å². The summed E-state index contributed by atoms with van der Waals surface area (Å²) in [6, 6.07) is 7.50. The van der Waals surface area contributed by atoms with Crippen molar-refractivity contribution in [2.45, 2.75) is 0 Å². The van der Waals surface area contributed by atoms with E-state index in [-0.39, 0.29) is 0 Å². The van der Waals surface area contributed by atoms with Gasteiger partial charge in [-0.3, -0.25) is 9.97 Å². The lowest BCUT2D eigenvalue weighted by molar-refractivity contribution is 0.356. The molecule has 0 spiro atoms. The van der Waals surface area contributed by atoms with Crippen LogP contribution in [-0.2, 0) is 0 Å². The van der Waals surface area contributed by atoms with Crippen LogP contribution in [0, 0.1) is 0 Å². The van der Waals surface area contributed by atoms with E-state index in [1.165, 1.54) is 0 Å². The average Bonchev–Trinajstić information content (AvgIpc) is 2.55. The molecule has 0 atom stereocenters. The Morgan fingerprint density at radius 2 is 1.67 bits per heavy atom. The number of ether oxygens (including phenoxy) is 2. The van der Waals surface area contributed by atoms with E-state index in [4.69, 9.17) is 15.2 Å². The van der Waals surface area contributed by atoms with Crippen molar-refractivity contribution in [3.05, 3.63) is 42.9 Å². The zero-order valence-electron chi connectivity index (χ0n) is 11.8. The Labute approximate surface area is 122 Å². The molecule has 2 heterocycles.